The first-order valence-corrected chi connectivity index (χ1v) is 15.7. The van der Waals surface area contributed by atoms with Crippen LogP contribution in [-0.2, 0) is 30.3 Å². The van der Waals surface area contributed by atoms with E-state index in [0.29, 0.717) is 0 Å². The van der Waals surface area contributed by atoms with Gasteiger partial charge in [0, 0.05) is 6.42 Å². The standard InChI is InChI=1S/C29H44F2O7Si/c1-9-15-37-28(35)29(27(33)34,14-12-11-13-25(32)36-10-2)18-22-16-23(30)26(24(31)17-22)38-39(19(3)4,20(5)6)21(7)8/h9,16-17,19-21H,1,10-15,18H2,2-8H3,(H,33,34). The molecule has 10 heteroatoms. The van der Waals surface area contributed by atoms with E-state index in [9.17, 15) is 19.5 Å². The van der Waals surface area contributed by atoms with Crippen molar-refractivity contribution in [3.8, 4) is 5.75 Å². The van der Waals surface area contributed by atoms with Crippen LogP contribution in [0, 0.1) is 17.0 Å². The Morgan fingerprint density at radius 1 is 1.00 bits per heavy atom. The van der Waals surface area contributed by atoms with E-state index in [1.807, 2.05) is 41.5 Å². The molecule has 0 aliphatic carbocycles. The number of hydrogen-bond acceptors (Lipinski definition) is 6. The quantitative estimate of drug-likeness (QED) is 0.0709. The number of carboxylic acid groups (broad SMARTS) is 1. The number of benzene rings is 1. The largest absolute Gasteiger partial charge is 0.539 e. The number of halogens is 2. The number of esters is 2. The molecule has 0 saturated heterocycles. The zero-order valence-electron chi connectivity index (χ0n) is 24.3. The smallest absolute Gasteiger partial charge is 0.324 e. The minimum atomic E-state index is -2.68. The highest BCUT2D eigenvalue weighted by atomic mass is 28.4. The Hall–Kier alpha value is -2.75. The van der Waals surface area contributed by atoms with Crippen molar-refractivity contribution in [3.05, 3.63) is 42.0 Å². The molecule has 1 aromatic rings. The molecule has 0 bridgehead atoms. The lowest BCUT2D eigenvalue weighted by atomic mass is 9.77. The summed E-state index contributed by atoms with van der Waals surface area (Å²) in [7, 11) is -2.68. The Balaban J connectivity index is 3.42. The summed E-state index contributed by atoms with van der Waals surface area (Å²) in [6, 6.07) is 2.05. The van der Waals surface area contributed by atoms with E-state index in [-0.39, 0.29) is 61.1 Å². The maximum atomic E-state index is 15.4. The van der Waals surface area contributed by atoms with E-state index in [1.165, 1.54) is 6.08 Å². The zero-order chi connectivity index (χ0) is 30.0. The molecule has 0 heterocycles. The third-order valence-electron chi connectivity index (χ3n) is 7.22. The lowest BCUT2D eigenvalue weighted by Gasteiger charge is -2.42. The number of ether oxygens (including phenoxy) is 2. The maximum absolute atomic E-state index is 15.4. The van der Waals surface area contributed by atoms with Crippen molar-refractivity contribution in [2.75, 3.05) is 13.2 Å². The van der Waals surface area contributed by atoms with Crippen molar-refractivity contribution in [2.24, 2.45) is 5.41 Å². The molecule has 1 unspecified atom stereocenters. The van der Waals surface area contributed by atoms with Gasteiger partial charge in [-0.3, -0.25) is 14.4 Å². The third kappa shape index (κ3) is 8.36. The van der Waals surface area contributed by atoms with E-state index in [2.05, 4.69) is 6.58 Å². The summed E-state index contributed by atoms with van der Waals surface area (Å²) in [5.41, 5.74) is -1.92. The summed E-state index contributed by atoms with van der Waals surface area (Å²) in [6.45, 7) is 17.1. The van der Waals surface area contributed by atoms with Crippen molar-refractivity contribution in [2.45, 2.75) is 97.2 Å². The molecular formula is C29H44F2O7Si. The SMILES string of the molecule is C=CCOC(=O)C(CCCCC(=O)OCC)(Cc1cc(F)c(O[Si](C(C)C)(C(C)C)C(C)C)c(F)c1)C(=O)O. The fraction of sp³-hybridized carbons (Fsp3) is 0.621. The highest BCUT2D eigenvalue weighted by molar-refractivity contribution is 6.78. The molecule has 220 valence electrons. The van der Waals surface area contributed by atoms with Crippen molar-refractivity contribution in [3.63, 3.8) is 0 Å². The van der Waals surface area contributed by atoms with Gasteiger partial charge in [-0.15, -0.1) is 0 Å². The first kappa shape index (κ1) is 34.3. The normalized spacial score (nSPS) is 13.3. The molecular weight excluding hydrogens is 526 g/mol. The summed E-state index contributed by atoms with van der Waals surface area (Å²) < 4.78 is 47.0. The van der Waals surface area contributed by atoms with Crippen LogP contribution >= 0.6 is 0 Å². The van der Waals surface area contributed by atoms with Crippen molar-refractivity contribution in [1.82, 2.24) is 0 Å². The number of unbranched alkanes of at least 4 members (excludes halogenated alkanes) is 1. The van der Waals surface area contributed by atoms with Gasteiger partial charge in [-0.05, 0) is 60.5 Å². The van der Waals surface area contributed by atoms with E-state index in [0.717, 1.165) is 12.1 Å². The van der Waals surface area contributed by atoms with Gasteiger partial charge in [0.2, 0.25) is 0 Å². The van der Waals surface area contributed by atoms with E-state index in [4.69, 9.17) is 13.9 Å². The Labute approximate surface area is 232 Å². The van der Waals surface area contributed by atoms with Gasteiger partial charge in [-0.25, -0.2) is 8.78 Å². The maximum Gasteiger partial charge on any atom is 0.324 e. The Bertz CT molecular complexity index is 965. The minimum absolute atomic E-state index is 0.0217. The zero-order valence-corrected chi connectivity index (χ0v) is 25.3. The summed E-state index contributed by atoms with van der Waals surface area (Å²) >= 11 is 0. The summed E-state index contributed by atoms with van der Waals surface area (Å²) in [5, 5.41) is 10.2. The fourth-order valence-corrected chi connectivity index (χ4v) is 10.7. The highest BCUT2D eigenvalue weighted by Gasteiger charge is 2.49. The van der Waals surface area contributed by atoms with Gasteiger partial charge in [-0.1, -0.05) is 60.6 Å². The molecule has 0 aliphatic heterocycles. The molecule has 1 aromatic carbocycles. The predicted molar refractivity (Wildman–Crippen MR) is 148 cm³/mol. The molecule has 7 nitrogen and oxygen atoms in total. The number of hydrogen-bond donors (Lipinski definition) is 1. The molecule has 0 spiro atoms. The van der Waals surface area contributed by atoms with Gasteiger partial charge in [0.25, 0.3) is 8.32 Å². The summed E-state index contributed by atoms with van der Waals surface area (Å²) in [4.78, 5) is 37.2. The molecule has 1 atom stereocenters. The fourth-order valence-electron chi connectivity index (χ4n) is 5.43. The van der Waals surface area contributed by atoms with Crippen LogP contribution in [0.1, 0.15) is 79.7 Å². The average Bonchev–Trinajstić information content (AvgIpc) is 2.83. The number of carboxylic acids is 1. The lowest BCUT2D eigenvalue weighted by Crippen LogP contribution is -2.51. The minimum Gasteiger partial charge on any atom is -0.539 e. The van der Waals surface area contributed by atoms with E-state index < -0.39 is 55.4 Å². The number of aliphatic carboxylic acids is 1. The molecule has 1 N–H and O–H groups in total. The first-order valence-electron chi connectivity index (χ1n) is 13.5. The van der Waals surface area contributed by atoms with Crippen LogP contribution in [0.15, 0.2) is 24.8 Å². The molecule has 0 aliphatic rings. The summed E-state index contributed by atoms with van der Waals surface area (Å²) in [5.74, 6) is -5.35. The van der Waals surface area contributed by atoms with Crippen molar-refractivity contribution in [1.29, 1.82) is 0 Å². The molecule has 0 amide bonds. The van der Waals surface area contributed by atoms with Gasteiger partial charge in [0.15, 0.2) is 22.8 Å². The van der Waals surface area contributed by atoms with Crippen molar-refractivity contribution < 1.29 is 42.2 Å². The van der Waals surface area contributed by atoms with E-state index in [1.54, 1.807) is 6.92 Å². The molecule has 39 heavy (non-hydrogen) atoms. The van der Waals surface area contributed by atoms with Crippen LogP contribution in [0.3, 0.4) is 0 Å². The molecule has 0 radical (unpaired) electrons. The van der Waals surface area contributed by atoms with E-state index >= 15 is 8.78 Å². The first-order chi connectivity index (χ1) is 18.2. The second-order valence-electron chi connectivity index (χ2n) is 10.8. The predicted octanol–water partition coefficient (Wildman–Crippen LogP) is 6.99. The molecule has 0 fully saturated rings. The Kier molecular flexibility index (Phi) is 13.3. The lowest BCUT2D eigenvalue weighted by molar-refractivity contribution is -0.168. The van der Waals surface area contributed by atoms with Crippen LogP contribution in [0.5, 0.6) is 5.75 Å². The van der Waals surface area contributed by atoms with Crippen LogP contribution in [-0.4, -0.2) is 44.5 Å². The molecule has 0 aromatic heterocycles. The second-order valence-corrected chi connectivity index (χ2v) is 16.1. The average molecular weight is 571 g/mol. The van der Waals surface area contributed by atoms with Crippen molar-refractivity contribution >= 4 is 26.2 Å². The van der Waals surface area contributed by atoms with Gasteiger partial charge in [0.05, 0.1) is 6.61 Å². The molecule has 0 saturated carbocycles. The number of carbonyl (C=O) groups excluding carboxylic acids is 2. The summed E-state index contributed by atoms with van der Waals surface area (Å²) in [6.07, 6.45) is 1.07. The molecule has 1 rings (SSSR count). The monoisotopic (exact) mass is 570 g/mol. The van der Waals surface area contributed by atoms with Gasteiger partial charge in [0.1, 0.15) is 6.61 Å². The number of carbonyl (C=O) groups is 3. The number of rotatable bonds is 17. The van der Waals surface area contributed by atoms with Crippen LogP contribution < -0.4 is 4.43 Å². The highest BCUT2D eigenvalue weighted by Crippen LogP contribution is 2.44. The van der Waals surface area contributed by atoms with Crippen LogP contribution in [0.2, 0.25) is 16.6 Å². The topological polar surface area (TPSA) is 99.1 Å². The van der Waals surface area contributed by atoms with Gasteiger partial charge >= 0.3 is 17.9 Å². The van der Waals surface area contributed by atoms with Gasteiger partial charge in [-0.2, -0.15) is 0 Å². The van der Waals surface area contributed by atoms with Crippen LogP contribution in [0.25, 0.3) is 0 Å². The Morgan fingerprint density at radius 2 is 1.54 bits per heavy atom. The van der Waals surface area contributed by atoms with Crippen LogP contribution in [0.4, 0.5) is 8.78 Å². The second kappa shape index (κ2) is 15.1. The third-order valence-corrected chi connectivity index (χ3v) is 13.2. The van der Waals surface area contributed by atoms with Gasteiger partial charge < -0.3 is 19.0 Å². The Morgan fingerprint density at radius 3 is 1.97 bits per heavy atom.